The van der Waals surface area contributed by atoms with Crippen LogP contribution in [0.1, 0.15) is 18.4 Å². The summed E-state index contributed by atoms with van der Waals surface area (Å²) in [5.74, 6) is 0.802. The number of carbonyl (C=O) groups is 1. The van der Waals surface area contributed by atoms with Crippen molar-refractivity contribution in [1.29, 1.82) is 0 Å². The van der Waals surface area contributed by atoms with E-state index in [1.807, 2.05) is 11.0 Å². The molecule has 0 aliphatic carbocycles. The lowest BCUT2D eigenvalue weighted by Crippen LogP contribution is -2.41. The highest BCUT2D eigenvalue weighted by atomic mass is 79.9. The van der Waals surface area contributed by atoms with Crippen molar-refractivity contribution in [3.63, 3.8) is 0 Å². The molecule has 0 saturated carbocycles. The molecule has 0 radical (unpaired) electrons. The molecule has 1 amide bonds. The van der Waals surface area contributed by atoms with Gasteiger partial charge in [-0.15, -0.1) is 4.40 Å². The first kappa shape index (κ1) is 18.1. The minimum atomic E-state index is -3.62. The number of aromatic nitrogens is 1. The third-order valence-corrected chi connectivity index (χ3v) is 6.55. The number of halogens is 1. The zero-order valence-electron chi connectivity index (χ0n) is 14.3. The van der Waals surface area contributed by atoms with E-state index < -0.39 is 10.0 Å². The fourth-order valence-electron chi connectivity index (χ4n) is 3.35. The number of fused-ring (bicyclic) bond motifs is 1. The van der Waals surface area contributed by atoms with E-state index in [4.69, 9.17) is 0 Å². The van der Waals surface area contributed by atoms with Gasteiger partial charge in [0.25, 0.3) is 10.0 Å². The molecule has 2 aliphatic rings. The number of amidine groups is 1. The van der Waals surface area contributed by atoms with Crippen molar-refractivity contribution in [3.8, 4) is 0 Å². The van der Waals surface area contributed by atoms with Crippen molar-refractivity contribution in [1.82, 2.24) is 9.88 Å². The number of likely N-dealkylation sites (tertiary alicyclic amines) is 1. The second kappa shape index (κ2) is 7.05. The first-order valence-corrected chi connectivity index (χ1v) is 10.8. The summed E-state index contributed by atoms with van der Waals surface area (Å²) in [6, 6.07) is 10.4. The molecule has 0 bridgehead atoms. The normalized spacial score (nSPS) is 18.7. The molecule has 3 heterocycles. The van der Waals surface area contributed by atoms with Crippen LogP contribution in [0.25, 0.3) is 0 Å². The largest absolute Gasteiger partial charge is 0.355 e. The Balaban J connectivity index is 1.42. The molecule has 1 fully saturated rings. The number of amides is 1. The second-order valence-electron chi connectivity index (χ2n) is 6.50. The predicted molar refractivity (Wildman–Crippen MR) is 105 cm³/mol. The summed E-state index contributed by atoms with van der Waals surface area (Å²) >= 11 is 3.31. The maximum Gasteiger partial charge on any atom is 0.285 e. The lowest BCUT2D eigenvalue weighted by Gasteiger charge is -2.32. The van der Waals surface area contributed by atoms with Crippen LogP contribution in [0.2, 0.25) is 0 Å². The minimum Gasteiger partial charge on any atom is -0.355 e. The molecule has 1 aromatic carbocycles. The van der Waals surface area contributed by atoms with Crippen molar-refractivity contribution in [2.24, 2.45) is 10.3 Å². The molecule has 0 spiro atoms. The molecule has 140 valence electrons. The number of piperidine rings is 1. The fraction of sp³-hybridized carbons (Fsp3) is 0.278. The number of hydrogen-bond donors (Lipinski definition) is 1. The number of nitrogens with zero attached hydrogens (tertiary/aromatic N) is 3. The number of hydrogen-bond acceptors (Lipinski definition) is 5. The Morgan fingerprint density at radius 2 is 1.89 bits per heavy atom. The molecular weight excluding hydrogens is 432 g/mol. The summed E-state index contributed by atoms with van der Waals surface area (Å²) in [4.78, 5) is 18.8. The van der Waals surface area contributed by atoms with Crippen LogP contribution in [0.3, 0.4) is 0 Å². The minimum absolute atomic E-state index is 0.0640. The van der Waals surface area contributed by atoms with Crippen molar-refractivity contribution in [2.45, 2.75) is 17.7 Å². The SMILES string of the molecule is O=C(Nc1ccc(Br)cn1)C1CCN(C2=NS(=O)(=O)c3ccccc32)CC1. The van der Waals surface area contributed by atoms with Crippen LogP contribution in [0.4, 0.5) is 5.82 Å². The Labute approximate surface area is 165 Å². The highest BCUT2D eigenvalue weighted by Gasteiger charge is 2.34. The Hall–Kier alpha value is -2.26. The lowest BCUT2D eigenvalue weighted by atomic mass is 9.95. The standard InChI is InChI=1S/C18H17BrN4O3S/c19-13-5-6-16(20-11-13)21-18(24)12-7-9-23(10-8-12)17-14-3-1-2-4-15(14)27(25,26)22-17/h1-6,11-12H,7-10H2,(H,20,21,24). The average molecular weight is 449 g/mol. The Morgan fingerprint density at radius 3 is 2.59 bits per heavy atom. The lowest BCUT2D eigenvalue weighted by molar-refractivity contribution is -0.121. The van der Waals surface area contributed by atoms with Gasteiger partial charge in [-0.3, -0.25) is 4.79 Å². The van der Waals surface area contributed by atoms with E-state index >= 15 is 0 Å². The molecule has 27 heavy (non-hydrogen) atoms. The second-order valence-corrected chi connectivity index (χ2v) is 8.99. The summed E-state index contributed by atoms with van der Waals surface area (Å²) < 4.78 is 29.2. The van der Waals surface area contributed by atoms with Gasteiger partial charge in [0.2, 0.25) is 5.91 Å². The van der Waals surface area contributed by atoms with Crippen LogP contribution in [0, 0.1) is 5.92 Å². The number of nitrogens with one attached hydrogen (secondary N) is 1. The molecular formula is C18H17BrN4O3S. The smallest absolute Gasteiger partial charge is 0.285 e. The molecule has 1 saturated heterocycles. The Kier molecular flexibility index (Phi) is 4.73. The maximum atomic E-state index is 12.5. The number of carbonyl (C=O) groups excluding carboxylic acids is 1. The molecule has 1 aromatic heterocycles. The number of sulfonamides is 1. The third kappa shape index (κ3) is 3.61. The van der Waals surface area contributed by atoms with Crippen LogP contribution in [0.15, 0.2) is 56.4 Å². The summed E-state index contributed by atoms with van der Waals surface area (Å²) in [7, 11) is -3.62. The molecule has 0 unspecified atom stereocenters. The van der Waals surface area contributed by atoms with Crippen LogP contribution in [-0.4, -0.2) is 43.1 Å². The van der Waals surface area contributed by atoms with E-state index in [0.717, 1.165) is 4.47 Å². The third-order valence-electron chi connectivity index (χ3n) is 4.76. The Bertz CT molecular complexity index is 1010. The van der Waals surface area contributed by atoms with Crippen molar-refractivity contribution < 1.29 is 13.2 Å². The van der Waals surface area contributed by atoms with E-state index in [0.29, 0.717) is 43.1 Å². The quantitative estimate of drug-likeness (QED) is 0.761. The molecule has 2 aromatic rings. The predicted octanol–water partition coefficient (Wildman–Crippen LogP) is 2.64. The molecule has 7 nitrogen and oxygen atoms in total. The molecule has 0 atom stereocenters. The highest BCUT2D eigenvalue weighted by Crippen LogP contribution is 2.29. The van der Waals surface area contributed by atoms with Gasteiger partial charge in [-0.05, 0) is 53.0 Å². The monoisotopic (exact) mass is 448 g/mol. The van der Waals surface area contributed by atoms with Crippen LogP contribution in [-0.2, 0) is 14.8 Å². The van der Waals surface area contributed by atoms with E-state index in [2.05, 4.69) is 30.6 Å². The first-order chi connectivity index (χ1) is 12.9. The van der Waals surface area contributed by atoms with Crippen molar-refractivity contribution in [3.05, 3.63) is 52.6 Å². The van der Waals surface area contributed by atoms with Gasteiger partial charge < -0.3 is 10.2 Å². The van der Waals surface area contributed by atoms with Gasteiger partial charge in [-0.1, -0.05) is 12.1 Å². The van der Waals surface area contributed by atoms with Crippen LogP contribution < -0.4 is 5.32 Å². The first-order valence-electron chi connectivity index (χ1n) is 8.56. The summed E-state index contributed by atoms with van der Waals surface area (Å²) in [6.45, 7) is 1.16. The van der Waals surface area contributed by atoms with E-state index in [-0.39, 0.29) is 16.7 Å². The van der Waals surface area contributed by atoms with Gasteiger partial charge in [0.05, 0.1) is 0 Å². The van der Waals surface area contributed by atoms with E-state index in [1.165, 1.54) is 0 Å². The van der Waals surface area contributed by atoms with Gasteiger partial charge in [0.15, 0.2) is 5.84 Å². The van der Waals surface area contributed by atoms with Crippen LogP contribution in [0.5, 0.6) is 0 Å². The van der Waals surface area contributed by atoms with Gasteiger partial charge in [0.1, 0.15) is 10.7 Å². The maximum absolute atomic E-state index is 12.5. The number of rotatable bonds is 2. The fourth-order valence-corrected chi connectivity index (χ4v) is 4.81. The summed E-state index contributed by atoms with van der Waals surface area (Å²) in [5.41, 5.74) is 0.638. The van der Waals surface area contributed by atoms with Gasteiger partial charge in [-0.2, -0.15) is 8.42 Å². The zero-order valence-corrected chi connectivity index (χ0v) is 16.7. The highest BCUT2D eigenvalue weighted by molar-refractivity contribution is 9.10. The van der Waals surface area contributed by atoms with Crippen LogP contribution >= 0.6 is 15.9 Å². The molecule has 2 aliphatic heterocycles. The summed E-state index contributed by atoms with van der Waals surface area (Å²) in [5, 5.41) is 2.84. The summed E-state index contributed by atoms with van der Waals surface area (Å²) in [6.07, 6.45) is 2.89. The zero-order chi connectivity index (χ0) is 19.0. The van der Waals surface area contributed by atoms with E-state index in [9.17, 15) is 13.2 Å². The molecule has 1 N–H and O–H groups in total. The van der Waals surface area contributed by atoms with Crippen molar-refractivity contribution >= 4 is 43.5 Å². The molecule has 9 heteroatoms. The van der Waals surface area contributed by atoms with E-state index in [1.54, 1.807) is 36.5 Å². The van der Waals surface area contributed by atoms with Crippen molar-refractivity contribution in [2.75, 3.05) is 18.4 Å². The number of benzene rings is 1. The van der Waals surface area contributed by atoms with Gasteiger partial charge in [0, 0.05) is 35.2 Å². The van der Waals surface area contributed by atoms with Gasteiger partial charge >= 0.3 is 0 Å². The topological polar surface area (TPSA) is 91.7 Å². The van der Waals surface area contributed by atoms with Gasteiger partial charge in [-0.25, -0.2) is 4.98 Å². The number of pyridine rings is 1. The number of anilines is 1. The average Bonchev–Trinajstić information content (AvgIpc) is 2.95. The molecule has 4 rings (SSSR count). The Morgan fingerprint density at radius 1 is 1.15 bits per heavy atom.